The highest BCUT2D eigenvalue weighted by atomic mass is 16.8. The summed E-state index contributed by atoms with van der Waals surface area (Å²) < 4.78 is 34.1. The predicted octanol–water partition coefficient (Wildman–Crippen LogP) is 1.52. The molecule has 0 radical (unpaired) electrons. The van der Waals surface area contributed by atoms with Crippen molar-refractivity contribution in [3.8, 4) is 0 Å². The van der Waals surface area contributed by atoms with Crippen LogP contribution in [0.5, 0.6) is 0 Å². The van der Waals surface area contributed by atoms with E-state index < -0.39 is 88.5 Å². The average molecular weight is 619 g/mol. The topological polar surface area (TPSA) is 164 Å². The molecule has 7 rings (SSSR count). The Labute approximate surface area is 255 Å². The first-order chi connectivity index (χ1) is 20.7. The number of carbonyl (C=O) groups is 4. The van der Waals surface area contributed by atoms with Crippen LogP contribution in [-0.2, 0) is 47.6 Å². The van der Waals surface area contributed by atoms with Gasteiger partial charge in [0.05, 0.1) is 28.8 Å². The number of cyclic esters (lactones) is 1. The molecule has 2 N–H and O–H groups in total. The van der Waals surface area contributed by atoms with Gasteiger partial charge in [-0.1, -0.05) is 6.92 Å². The first kappa shape index (κ1) is 30.4. The fourth-order valence-corrected chi connectivity index (χ4v) is 10.3. The summed E-state index contributed by atoms with van der Waals surface area (Å²) >= 11 is 0. The van der Waals surface area contributed by atoms with Gasteiger partial charge >= 0.3 is 11.9 Å². The maximum Gasteiger partial charge on any atom is 0.331 e. The Morgan fingerprint density at radius 3 is 2.52 bits per heavy atom. The van der Waals surface area contributed by atoms with Gasteiger partial charge in [-0.2, -0.15) is 0 Å². The van der Waals surface area contributed by atoms with E-state index in [0.29, 0.717) is 44.1 Å². The Bertz CT molecular complexity index is 1310. The number of rotatable bonds is 4. The van der Waals surface area contributed by atoms with Crippen LogP contribution in [0.25, 0.3) is 0 Å². The molecule has 4 saturated carbocycles. The van der Waals surface area contributed by atoms with Crippen LogP contribution in [0.4, 0.5) is 0 Å². The molecule has 2 saturated heterocycles. The van der Waals surface area contributed by atoms with E-state index in [1.165, 1.54) is 13.0 Å². The summed E-state index contributed by atoms with van der Waals surface area (Å²) in [6.45, 7) is 6.81. The van der Waals surface area contributed by atoms with Gasteiger partial charge in [-0.25, -0.2) is 4.79 Å². The van der Waals surface area contributed by atoms with Gasteiger partial charge in [0.25, 0.3) is 0 Å². The highest BCUT2D eigenvalue weighted by Gasteiger charge is 2.76. The molecule has 4 unspecified atom stereocenters. The average Bonchev–Trinajstić information content (AvgIpc) is 3.69. The van der Waals surface area contributed by atoms with Gasteiger partial charge in [0, 0.05) is 30.8 Å². The van der Waals surface area contributed by atoms with Crippen molar-refractivity contribution in [2.24, 2.45) is 28.6 Å². The standard InChI is InChI=1S/C32H42O12/c1-15-24-26(41-14-40-24)23(35)28(42-15)44-18-5-8-29(3)22-20(6-9-31(29,37)12-18)32(38)10-7-19(17-11-21(34)39-13-17)30(32,4)27(36)25(22)43-16(2)33/h11,15,18-20,22,24-26,28,37-38H,5-10,12-14H2,1-4H3/t15?,18-,19+,20+,22+,24?,25-,26?,28?,29+,30-,31+,32-/m0/s1. The molecular formula is C32H42O12. The second-order valence-electron chi connectivity index (χ2n) is 14.5. The van der Waals surface area contributed by atoms with Crippen LogP contribution < -0.4 is 0 Å². The number of ether oxygens (including phenoxy) is 6. The van der Waals surface area contributed by atoms with E-state index in [0.717, 1.165) is 0 Å². The molecule has 0 aromatic heterocycles. The van der Waals surface area contributed by atoms with Crippen LogP contribution >= 0.6 is 0 Å². The smallest absolute Gasteiger partial charge is 0.331 e. The van der Waals surface area contributed by atoms with Gasteiger partial charge in [0.2, 0.25) is 12.1 Å². The summed E-state index contributed by atoms with van der Waals surface area (Å²) in [4.78, 5) is 52.1. The zero-order valence-electron chi connectivity index (χ0n) is 25.6. The van der Waals surface area contributed by atoms with Crippen molar-refractivity contribution in [1.82, 2.24) is 0 Å². The van der Waals surface area contributed by atoms with E-state index >= 15 is 0 Å². The molecule has 3 heterocycles. The minimum atomic E-state index is -1.43. The lowest BCUT2D eigenvalue weighted by atomic mass is 9.40. The highest BCUT2D eigenvalue weighted by Crippen LogP contribution is 2.70. The van der Waals surface area contributed by atoms with Crippen molar-refractivity contribution >= 4 is 23.5 Å². The van der Waals surface area contributed by atoms with Gasteiger partial charge in [-0.3, -0.25) is 14.4 Å². The maximum atomic E-state index is 14.6. The molecule has 0 bridgehead atoms. The van der Waals surface area contributed by atoms with Crippen LogP contribution in [0.2, 0.25) is 0 Å². The van der Waals surface area contributed by atoms with Crippen molar-refractivity contribution in [3.63, 3.8) is 0 Å². The summed E-state index contributed by atoms with van der Waals surface area (Å²) in [6.07, 6.45) is -0.476. The summed E-state index contributed by atoms with van der Waals surface area (Å²) in [5.41, 5.74) is -4.30. The third-order valence-corrected chi connectivity index (χ3v) is 12.6. The number of hydrogen-bond donors (Lipinski definition) is 2. The number of carbonyl (C=O) groups excluding carboxylic acids is 4. The Balaban J connectivity index is 1.18. The molecule has 12 nitrogen and oxygen atoms in total. The van der Waals surface area contributed by atoms with Crippen molar-refractivity contribution < 1.29 is 57.8 Å². The molecule has 0 aromatic carbocycles. The van der Waals surface area contributed by atoms with Gasteiger partial charge in [-0.15, -0.1) is 0 Å². The van der Waals surface area contributed by atoms with E-state index in [1.54, 1.807) is 13.8 Å². The molecule has 6 fully saturated rings. The molecule has 3 aliphatic heterocycles. The number of aliphatic hydroxyl groups is 2. The van der Waals surface area contributed by atoms with Crippen molar-refractivity contribution in [2.75, 3.05) is 13.4 Å². The minimum absolute atomic E-state index is 0.0173. The lowest BCUT2D eigenvalue weighted by Crippen LogP contribution is -2.74. The number of esters is 2. The van der Waals surface area contributed by atoms with E-state index in [4.69, 9.17) is 28.4 Å². The van der Waals surface area contributed by atoms with E-state index in [1.807, 2.05) is 6.92 Å². The van der Waals surface area contributed by atoms with Gasteiger partial charge < -0.3 is 38.6 Å². The normalized spacial score (nSPS) is 51.5. The van der Waals surface area contributed by atoms with E-state index in [-0.39, 0.29) is 31.4 Å². The SMILES string of the molecule is CC(=O)O[C@@H]1C(=O)[C@]2(C)[C@@H](C3=CC(=O)OC3)CC[C@]2(O)[C@@H]2CC[C@@]3(O)C[C@@H](OC4OC(C)C5OCOC5C4=O)CC[C@]3(C)[C@@H]12. The largest absolute Gasteiger partial charge is 0.458 e. The Hall–Kier alpha value is -2.22. The molecule has 0 spiro atoms. The Morgan fingerprint density at radius 2 is 1.82 bits per heavy atom. The van der Waals surface area contributed by atoms with Crippen LogP contribution in [0.15, 0.2) is 11.6 Å². The summed E-state index contributed by atoms with van der Waals surface area (Å²) in [5.74, 6) is -3.34. The van der Waals surface area contributed by atoms with Crippen molar-refractivity contribution in [3.05, 3.63) is 11.6 Å². The first-order valence-corrected chi connectivity index (χ1v) is 15.8. The van der Waals surface area contributed by atoms with Crippen LogP contribution in [0, 0.1) is 28.6 Å². The van der Waals surface area contributed by atoms with Gasteiger partial charge in [0.15, 0.2) is 18.0 Å². The molecule has 44 heavy (non-hydrogen) atoms. The fourth-order valence-electron chi connectivity index (χ4n) is 10.3. The quantitative estimate of drug-likeness (QED) is 0.345. The van der Waals surface area contributed by atoms with Gasteiger partial charge in [0.1, 0.15) is 19.5 Å². The molecule has 7 aliphatic rings. The number of hydrogen-bond acceptors (Lipinski definition) is 12. The Morgan fingerprint density at radius 1 is 1.05 bits per heavy atom. The number of fused-ring (bicyclic) bond motifs is 6. The molecule has 0 aromatic rings. The van der Waals surface area contributed by atoms with E-state index in [9.17, 15) is 29.4 Å². The minimum Gasteiger partial charge on any atom is -0.458 e. The summed E-state index contributed by atoms with van der Waals surface area (Å²) in [6, 6.07) is 0. The maximum absolute atomic E-state index is 14.6. The summed E-state index contributed by atoms with van der Waals surface area (Å²) in [5, 5.41) is 25.0. The Kier molecular flexibility index (Phi) is 7.01. The lowest BCUT2D eigenvalue weighted by molar-refractivity contribution is -0.283. The monoisotopic (exact) mass is 618 g/mol. The molecule has 4 aliphatic carbocycles. The zero-order valence-corrected chi connectivity index (χ0v) is 25.6. The zero-order chi connectivity index (χ0) is 31.4. The molecule has 12 heteroatoms. The molecule has 242 valence electrons. The van der Waals surface area contributed by atoms with E-state index in [2.05, 4.69) is 0 Å². The van der Waals surface area contributed by atoms with Crippen LogP contribution in [0.1, 0.15) is 72.6 Å². The van der Waals surface area contributed by atoms with Crippen molar-refractivity contribution in [1.29, 1.82) is 0 Å². The predicted molar refractivity (Wildman–Crippen MR) is 147 cm³/mol. The fraction of sp³-hybridized carbons (Fsp3) is 0.812. The number of Topliss-reactive ketones (excluding diaryl/α,β-unsaturated/α-hetero) is 2. The van der Waals surface area contributed by atoms with Crippen LogP contribution in [-0.4, -0.2) is 95.1 Å². The second-order valence-corrected chi connectivity index (χ2v) is 14.5. The molecule has 13 atom stereocenters. The highest BCUT2D eigenvalue weighted by molar-refractivity contribution is 5.95. The lowest BCUT2D eigenvalue weighted by Gasteiger charge is -2.66. The second kappa shape index (κ2) is 10.1. The van der Waals surface area contributed by atoms with Crippen LogP contribution in [0.3, 0.4) is 0 Å². The summed E-state index contributed by atoms with van der Waals surface area (Å²) in [7, 11) is 0. The molecular weight excluding hydrogens is 576 g/mol. The molecule has 0 amide bonds. The third-order valence-electron chi connectivity index (χ3n) is 12.6. The number of ketones is 2. The first-order valence-electron chi connectivity index (χ1n) is 15.8. The van der Waals surface area contributed by atoms with Crippen molar-refractivity contribution in [2.45, 2.75) is 121 Å². The van der Waals surface area contributed by atoms with Gasteiger partial charge in [-0.05, 0) is 69.8 Å². The third kappa shape index (κ3) is 4.03.